The second kappa shape index (κ2) is 7.48. The van der Waals surface area contributed by atoms with Gasteiger partial charge in [-0.15, -0.1) is 11.3 Å². The van der Waals surface area contributed by atoms with E-state index >= 15 is 0 Å². The van der Waals surface area contributed by atoms with Gasteiger partial charge in [-0.05, 0) is 30.4 Å². The normalized spacial score (nSPS) is 17.4. The van der Waals surface area contributed by atoms with Gasteiger partial charge in [0.2, 0.25) is 0 Å². The van der Waals surface area contributed by atoms with Crippen molar-refractivity contribution in [1.82, 2.24) is 14.9 Å². The fraction of sp³-hybridized carbons (Fsp3) is 0.438. The molecule has 1 atom stereocenters. The Kier molecular flexibility index (Phi) is 5.14. The molecule has 1 saturated heterocycles. The highest BCUT2D eigenvalue weighted by atomic mass is 32.1. The van der Waals surface area contributed by atoms with Crippen LogP contribution in [0, 0.1) is 0 Å². The maximum atomic E-state index is 12.4. The zero-order valence-corrected chi connectivity index (χ0v) is 14.6. The van der Waals surface area contributed by atoms with Crippen LogP contribution in [0.5, 0.6) is 5.88 Å². The molecule has 0 bridgehead atoms. The summed E-state index contributed by atoms with van der Waals surface area (Å²) in [4.78, 5) is 24.6. The molecule has 0 aliphatic carbocycles. The van der Waals surface area contributed by atoms with Gasteiger partial charge in [-0.3, -0.25) is 5.32 Å². The summed E-state index contributed by atoms with van der Waals surface area (Å²) < 4.78 is 6.03. The van der Waals surface area contributed by atoms with Crippen LogP contribution in [0.2, 0.25) is 0 Å². The first-order valence-corrected chi connectivity index (χ1v) is 8.76. The lowest BCUT2D eigenvalue weighted by molar-refractivity contribution is 0.103. The molecule has 7 nitrogen and oxygen atoms in total. The highest BCUT2D eigenvalue weighted by Crippen LogP contribution is 2.24. The Hall–Kier alpha value is -2.35. The SMILES string of the molecule is CN(C)c1nccnc1O[C@H]1CCCN(C(=O)Nc2cccs2)C1. The molecule has 0 unspecified atom stereocenters. The second-order valence-corrected chi connectivity index (χ2v) is 6.76. The van der Waals surface area contributed by atoms with Crippen molar-refractivity contribution in [1.29, 1.82) is 0 Å². The molecule has 24 heavy (non-hydrogen) atoms. The number of carbonyl (C=O) groups excluding carboxylic acids is 1. The summed E-state index contributed by atoms with van der Waals surface area (Å²) in [6.07, 6.45) is 4.98. The molecule has 3 rings (SSSR count). The summed E-state index contributed by atoms with van der Waals surface area (Å²) in [6, 6.07) is 3.72. The number of aromatic nitrogens is 2. The first kappa shape index (κ1) is 16.5. The van der Waals surface area contributed by atoms with Crippen molar-refractivity contribution >= 4 is 28.2 Å². The van der Waals surface area contributed by atoms with Crippen molar-refractivity contribution < 1.29 is 9.53 Å². The fourth-order valence-electron chi connectivity index (χ4n) is 2.62. The van der Waals surface area contributed by atoms with Crippen LogP contribution in [-0.4, -0.2) is 54.2 Å². The van der Waals surface area contributed by atoms with E-state index in [9.17, 15) is 4.79 Å². The van der Waals surface area contributed by atoms with Gasteiger partial charge >= 0.3 is 6.03 Å². The molecule has 8 heteroatoms. The number of urea groups is 1. The van der Waals surface area contributed by atoms with Crippen LogP contribution in [0.3, 0.4) is 0 Å². The molecule has 1 fully saturated rings. The van der Waals surface area contributed by atoms with Gasteiger partial charge in [-0.2, -0.15) is 0 Å². The van der Waals surface area contributed by atoms with Crippen molar-refractivity contribution in [2.45, 2.75) is 18.9 Å². The molecule has 2 amide bonds. The quantitative estimate of drug-likeness (QED) is 0.921. The van der Waals surface area contributed by atoms with E-state index < -0.39 is 0 Å². The van der Waals surface area contributed by atoms with Gasteiger partial charge in [0.1, 0.15) is 6.10 Å². The first-order valence-electron chi connectivity index (χ1n) is 7.88. The predicted octanol–water partition coefficient (Wildman–Crippen LogP) is 2.68. The zero-order chi connectivity index (χ0) is 16.9. The number of anilines is 2. The number of carbonyl (C=O) groups is 1. The summed E-state index contributed by atoms with van der Waals surface area (Å²) in [5.74, 6) is 1.20. The molecule has 3 heterocycles. The molecule has 1 aliphatic heterocycles. The third-order valence-electron chi connectivity index (χ3n) is 3.77. The monoisotopic (exact) mass is 347 g/mol. The molecule has 0 radical (unpaired) electrons. The van der Waals surface area contributed by atoms with E-state index in [2.05, 4.69) is 15.3 Å². The third kappa shape index (κ3) is 3.94. The molecule has 1 aliphatic rings. The fourth-order valence-corrected chi connectivity index (χ4v) is 3.23. The topological polar surface area (TPSA) is 70.6 Å². The van der Waals surface area contributed by atoms with Crippen LogP contribution < -0.4 is 15.0 Å². The third-order valence-corrected chi connectivity index (χ3v) is 4.55. The molecular weight excluding hydrogens is 326 g/mol. The number of nitrogens with zero attached hydrogens (tertiary/aromatic N) is 4. The van der Waals surface area contributed by atoms with E-state index in [-0.39, 0.29) is 12.1 Å². The average Bonchev–Trinajstić information content (AvgIpc) is 3.08. The maximum Gasteiger partial charge on any atom is 0.322 e. The number of rotatable bonds is 4. The Morgan fingerprint density at radius 3 is 3.00 bits per heavy atom. The summed E-state index contributed by atoms with van der Waals surface area (Å²) in [7, 11) is 3.80. The minimum atomic E-state index is -0.0854. The number of amides is 2. The summed E-state index contributed by atoms with van der Waals surface area (Å²) in [5, 5.41) is 5.71. The maximum absolute atomic E-state index is 12.4. The second-order valence-electron chi connectivity index (χ2n) is 5.82. The van der Waals surface area contributed by atoms with Crippen molar-refractivity contribution in [2.75, 3.05) is 37.4 Å². The van der Waals surface area contributed by atoms with Gasteiger partial charge in [0.15, 0.2) is 5.82 Å². The number of nitrogens with one attached hydrogen (secondary N) is 1. The molecule has 2 aromatic heterocycles. The Labute approximate surface area is 145 Å². The molecule has 2 aromatic rings. The van der Waals surface area contributed by atoms with E-state index in [1.165, 1.54) is 11.3 Å². The number of thiophene rings is 1. The Morgan fingerprint density at radius 1 is 1.42 bits per heavy atom. The number of ether oxygens (including phenoxy) is 1. The first-order chi connectivity index (χ1) is 11.6. The van der Waals surface area contributed by atoms with Crippen LogP contribution in [0.15, 0.2) is 29.9 Å². The van der Waals surface area contributed by atoms with E-state index in [1.54, 1.807) is 17.3 Å². The molecule has 1 N–H and O–H groups in total. The van der Waals surface area contributed by atoms with E-state index in [0.717, 1.165) is 24.4 Å². The minimum Gasteiger partial charge on any atom is -0.470 e. The lowest BCUT2D eigenvalue weighted by Crippen LogP contribution is -2.46. The number of hydrogen-bond donors (Lipinski definition) is 1. The zero-order valence-electron chi connectivity index (χ0n) is 13.8. The minimum absolute atomic E-state index is 0.0803. The smallest absolute Gasteiger partial charge is 0.322 e. The lowest BCUT2D eigenvalue weighted by atomic mass is 10.1. The highest BCUT2D eigenvalue weighted by molar-refractivity contribution is 7.14. The lowest BCUT2D eigenvalue weighted by Gasteiger charge is -2.32. The van der Waals surface area contributed by atoms with Gasteiger partial charge in [0.25, 0.3) is 5.88 Å². The number of hydrogen-bond acceptors (Lipinski definition) is 6. The Bertz CT molecular complexity index is 677. The van der Waals surface area contributed by atoms with E-state index in [1.807, 2.05) is 36.5 Å². The van der Waals surface area contributed by atoms with Gasteiger partial charge in [0.05, 0.1) is 11.5 Å². The Morgan fingerprint density at radius 2 is 2.25 bits per heavy atom. The highest BCUT2D eigenvalue weighted by Gasteiger charge is 2.26. The molecule has 128 valence electrons. The molecule has 0 spiro atoms. The average molecular weight is 347 g/mol. The van der Waals surface area contributed by atoms with Gasteiger partial charge in [-0.25, -0.2) is 14.8 Å². The van der Waals surface area contributed by atoms with Gasteiger partial charge in [-0.1, -0.05) is 0 Å². The van der Waals surface area contributed by atoms with Crippen LogP contribution in [0.4, 0.5) is 15.6 Å². The van der Waals surface area contributed by atoms with Crippen molar-refractivity contribution in [3.05, 3.63) is 29.9 Å². The van der Waals surface area contributed by atoms with Crippen LogP contribution >= 0.6 is 11.3 Å². The van der Waals surface area contributed by atoms with E-state index in [0.29, 0.717) is 18.2 Å². The number of piperidine rings is 1. The summed E-state index contributed by atoms with van der Waals surface area (Å²) in [5.41, 5.74) is 0. The largest absolute Gasteiger partial charge is 0.470 e. The summed E-state index contributed by atoms with van der Waals surface area (Å²) >= 11 is 1.51. The standard InChI is InChI=1S/C16H21N5O2S/c1-20(2)14-15(18-8-7-17-14)23-12-5-3-9-21(11-12)16(22)19-13-6-4-10-24-13/h4,6-8,10,12H,3,5,9,11H2,1-2H3,(H,19,22)/t12-/m0/s1. The van der Waals surface area contributed by atoms with Gasteiger partial charge < -0.3 is 14.5 Å². The number of likely N-dealkylation sites (tertiary alicyclic amines) is 1. The van der Waals surface area contributed by atoms with Crippen LogP contribution in [0.25, 0.3) is 0 Å². The molecule has 0 saturated carbocycles. The Balaban J connectivity index is 1.62. The van der Waals surface area contributed by atoms with Crippen molar-refractivity contribution in [2.24, 2.45) is 0 Å². The van der Waals surface area contributed by atoms with E-state index in [4.69, 9.17) is 4.74 Å². The van der Waals surface area contributed by atoms with Crippen molar-refractivity contribution in [3.8, 4) is 5.88 Å². The summed E-state index contributed by atoms with van der Waals surface area (Å²) in [6.45, 7) is 1.28. The van der Waals surface area contributed by atoms with Gasteiger partial charge in [0, 0.05) is 33.0 Å². The van der Waals surface area contributed by atoms with Crippen LogP contribution in [0.1, 0.15) is 12.8 Å². The molecule has 0 aromatic carbocycles. The predicted molar refractivity (Wildman–Crippen MR) is 94.9 cm³/mol. The molecular formula is C16H21N5O2S. The van der Waals surface area contributed by atoms with Crippen molar-refractivity contribution in [3.63, 3.8) is 0 Å². The van der Waals surface area contributed by atoms with Crippen LogP contribution in [-0.2, 0) is 0 Å².